The molecule has 0 saturated carbocycles. The monoisotopic (exact) mass is 780 g/mol. The van der Waals surface area contributed by atoms with Crippen LogP contribution >= 0.6 is 0 Å². The number of nitrogens with zero attached hydrogens (tertiary/aromatic N) is 8. The van der Waals surface area contributed by atoms with Crippen molar-refractivity contribution in [1.82, 2.24) is 29.7 Å². The predicted molar refractivity (Wildman–Crippen MR) is 211 cm³/mol. The second-order valence-electron chi connectivity index (χ2n) is 16.2. The third-order valence-electron chi connectivity index (χ3n) is 12.9. The molecule has 5 saturated heterocycles. The molecule has 2 aromatic carbocycles. The van der Waals surface area contributed by atoms with Gasteiger partial charge >= 0.3 is 6.01 Å². The number of hydrogen-bond donors (Lipinski definition) is 0. The molecule has 5 aliphatic rings. The molecule has 0 aliphatic carbocycles. The average molecular weight is 781 g/mol. The van der Waals surface area contributed by atoms with E-state index in [-0.39, 0.29) is 48.6 Å². The first kappa shape index (κ1) is 37.7. The molecule has 5 atom stereocenters. The molecular formula is C43H47F3N8O3. The van der Waals surface area contributed by atoms with E-state index in [0.717, 1.165) is 50.8 Å². The minimum absolute atomic E-state index is 0.0118. The summed E-state index contributed by atoms with van der Waals surface area (Å²) in [6.07, 6.45) is 8.81. The van der Waals surface area contributed by atoms with Gasteiger partial charge in [-0.2, -0.15) is 9.97 Å². The molecule has 1 amide bonds. The lowest BCUT2D eigenvalue weighted by molar-refractivity contribution is -0.128. The van der Waals surface area contributed by atoms with Gasteiger partial charge in [0.1, 0.15) is 41.7 Å². The molecule has 4 aromatic rings. The number of anilines is 1. The Morgan fingerprint density at radius 3 is 2.75 bits per heavy atom. The number of benzene rings is 2. The number of amides is 1. The van der Waals surface area contributed by atoms with E-state index in [1.807, 2.05) is 24.0 Å². The highest BCUT2D eigenvalue weighted by atomic mass is 19.1. The molecular weight excluding hydrogens is 734 g/mol. The fourth-order valence-corrected chi connectivity index (χ4v) is 10.1. The van der Waals surface area contributed by atoms with E-state index >= 15 is 8.78 Å². The highest BCUT2D eigenvalue weighted by Gasteiger charge is 2.49. The molecule has 7 heterocycles. The number of ether oxygens (including phenoxy) is 2. The van der Waals surface area contributed by atoms with Gasteiger partial charge in [-0.15, -0.1) is 0 Å². The van der Waals surface area contributed by atoms with Crippen LogP contribution in [0.25, 0.3) is 37.8 Å². The molecule has 0 radical (unpaired) electrons. The lowest BCUT2D eigenvalue weighted by Gasteiger charge is -2.39. The maximum Gasteiger partial charge on any atom is 0.319 e. The van der Waals surface area contributed by atoms with Crippen LogP contribution in [0.4, 0.5) is 19.0 Å². The van der Waals surface area contributed by atoms with E-state index in [0.29, 0.717) is 78.8 Å². The van der Waals surface area contributed by atoms with Crippen molar-refractivity contribution in [2.24, 2.45) is 0 Å². The molecule has 0 N–H and O–H groups in total. The zero-order valence-electron chi connectivity index (χ0n) is 32.2. The minimum Gasteiger partial charge on any atom is -0.461 e. The van der Waals surface area contributed by atoms with Gasteiger partial charge < -0.3 is 24.1 Å². The fraction of sp³-hybridized carbons (Fsp3) is 0.512. The maximum atomic E-state index is 17.1. The van der Waals surface area contributed by atoms with Gasteiger partial charge in [-0.25, -0.2) is 19.7 Å². The van der Waals surface area contributed by atoms with Crippen LogP contribution in [0, 0.1) is 18.2 Å². The van der Waals surface area contributed by atoms with Crippen molar-refractivity contribution >= 4 is 33.4 Å². The summed E-state index contributed by atoms with van der Waals surface area (Å²) in [7, 11) is 0. The smallest absolute Gasteiger partial charge is 0.319 e. The summed E-state index contributed by atoms with van der Waals surface area (Å²) in [4.78, 5) is 39.7. The van der Waals surface area contributed by atoms with Gasteiger partial charge in [-0.3, -0.25) is 19.6 Å². The van der Waals surface area contributed by atoms with Gasteiger partial charge in [0.25, 0.3) is 0 Å². The summed E-state index contributed by atoms with van der Waals surface area (Å²) in [5, 5.41) is 1.70. The number of aryl methyl sites for hydroxylation is 1. The van der Waals surface area contributed by atoms with Gasteiger partial charge in [0.15, 0.2) is 5.82 Å². The highest BCUT2D eigenvalue weighted by Crippen LogP contribution is 2.41. The number of pyridine rings is 1. The molecule has 2 aromatic heterocycles. The van der Waals surface area contributed by atoms with E-state index in [4.69, 9.17) is 21.0 Å². The summed E-state index contributed by atoms with van der Waals surface area (Å²) in [6.45, 7) is 14.1. The van der Waals surface area contributed by atoms with Gasteiger partial charge in [-0.05, 0) is 61.1 Å². The fourth-order valence-electron chi connectivity index (χ4n) is 10.1. The van der Waals surface area contributed by atoms with Crippen molar-refractivity contribution in [2.45, 2.75) is 75.3 Å². The van der Waals surface area contributed by atoms with Crippen molar-refractivity contribution in [2.75, 3.05) is 70.5 Å². The first-order valence-electron chi connectivity index (χ1n) is 20.2. The number of carbonyl (C=O) groups excluding carboxylic acids is 1. The number of fused-ring (bicyclic) bond motifs is 5. The molecule has 2 bridgehead atoms. The molecule has 9 rings (SSSR count). The second kappa shape index (κ2) is 15.5. The summed E-state index contributed by atoms with van der Waals surface area (Å²) < 4.78 is 59.0. The van der Waals surface area contributed by atoms with Crippen molar-refractivity contribution in [1.29, 1.82) is 0 Å². The largest absolute Gasteiger partial charge is 0.461 e. The molecule has 11 nitrogen and oxygen atoms in total. The summed E-state index contributed by atoms with van der Waals surface area (Å²) in [6, 6.07) is 8.78. The van der Waals surface area contributed by atoms with E-state index < -0.39 is 23.6 Å². The SMILES string of the molecule is [C-]#[N+]C[C@H]1CN(c2nc(OC[C@@]34CCCN3C[C@H](F)C4)nc3c(F)c(-c4cccc5ccc(F)c(CC)c45)ncc23)CCN1C(=O)/C=C/CN1[C@@H]2CC[C@H]1COC2. The van der Waals surface area contributed by atoms with Crippen LogP contribution in [0.1, 0.15) is 44.6 Å². The van der Waals surface area contributed by atoms with Crippen LogP contribution < -0.4 is 9.64 Å². The Balaban J connectivity index is 1.05. The Kier molecular flexibility index (Phi) is 10.3. The summed E-state index contributed by atoms with van der Waals surface area (Å²) in [5.41, 5.74) is 0.456. The molecule has 0 unspecified atom stereocenters. The molecule has 5 aliphatic heterocycles. The lowest BCUT2D eigenvalue weighted by Crippen LogP contribution is -2.56. The van der Waals surface area contributed by atoms with Gasteiger partial charge in [0.05, 0.1) is 24.1 Å². The van der Waals surface area contributed by atoms with E-state index in [1.54, 1.807) is 35.4 Å². The quantitative estimate of drug-likeness (QED) is 0.142. The number of hydrogen-bond acceptors (Lipinski definition) is 9. The van der Waals surface area contributed by atoms with Crippen molar-refractivity contribution in [3.8, 4) is 17.3 Å². The van der Waals surface area contributed by atoms with Crippen molar-refractivity contribution in [3.63, 3.8) is 0 Å². The van der Waals surface area contributed by atoms with E-state index in [2.05, 4.69) is 24.6 Å². The maximum absolute atomic E-state index is 17.1. The Labute approximate surface area is 330 Å². The Morgan fingerprint density at radius 1 is 1.11 bits per heavy atom. The third-order valence-corrected chi connectivity index (χ3v) is 12.9. The molecule has 14 heteroatoms. The van der Waals surface area contributed by atoms with Gasteiger partial charge in [0, 0.05) is 69.1 Å². The number of morpholine rings is 1. The van der Waals surface area contributed by atoms with Crippen LogP contribution in [-0.4, -0.2) is 131 Å². The van der Waals surface area contributed by atoms with Crippen molar-refractivity contribution < 1.29 is 27.4 Å². The van der Waals surface area contributed by atoms with Gasteiger partial charge in [-0.1, -0.05) is 37.3 Å². The number of rotatable bonds is 10. The Morgan fingerprint density at radius 2 is 1.95 bits per heavy atom. The van der Waals surface area contributed by atoms with E-state index in [1.165, 1.54) is 6.07 Å². The second-order valence-corrected chi connectivity index (χ2v) is 16.2. The topological polar surface area (TPSA) is 91.5 Å². The first-order valence-corrected chi connectivity index (χ1v) is 20.2. The van der Waals surface area contributed by atoms with Crippen LogP contribution in [0.5, 0.6) is 6.01 Å². The number of piperazine rings is 1. The van der Waals surface area contributed by atoms with Crippen LogP contribution in [0.15, 0.2) is 48.7 Å². The molecule has 5 fully saturated rings. The predicted octanol–water partition coefficient (Wildman–Crippen LogP) is 6.00. The number of halogens is 3. The van der Waals surface area contributed by atoms with Crippen LogP contribution in [0.2, 0.25) is 0 Å². The van der Waals surface area contributed by atoms with Crippen LogP contribution in [-0.2, 0) is 16.0 Å². The zero-order valence-corrected chi connectivity index (χ0v) is 32.2. The molecule has 0 spiro atoms. The summed E-state index contributed by atoms with van der Waals surface area (Å²) >= 11 is 0. The van der Waals surface area contributed by atoms with Crippen molar-refractivity contribution in [3.05, 3.63) is 77.3 Å². The van der Waals surface area contributed by atoms with E-state index in [9.17, 15) is 9.18 Å². The molecule has 298 valence electrons. The zero-order chi connectivity index (χ0) is 39.3. The normalized spacial score (nSPS) is 26.5. The standard InChI is InChI=1S/C43H47F3N8O3/c1-3-32-35(45)13-10-27-7-4-8-33(37(27)32)39-38(46)40-34(21-48-39)41(50-42(49-40)57-26-43-14-6-15-52(43)22-28(44)19-43)51-17-18-54(31(23-51)20-47-2)36(55)9-5-16-53-29-11-12-30(53)25-56-24-29/h4-5,7-10,13,21,28-31H,3,6,11-12,14-20,22-26H2,1H3/b9-5+/t28-,29-,30+,31+,43+/m1/s1. The number of carbonyl (C=O) groups is 1. The summed E-state index contributed by atoms with van der Waals surface area (Å²) in [5.74, 6) is -0.843. The third kappa shape index (κ3) is 6.87. The number of alkyl halides is 1. The van der Waals surface area contributed by atoms with Crippen LogP contribution in [0.3, 0.4) is 0 Å². The van der Waals surface area contributed by atoms with Gasteiger partial charge in [0.2, 0.25) is 12.5 Å². The average Bonchev–Trinajstić information content (AvgIpc) is 3.81. The lowest BCUT2D eigenvalue weighted by atomic mass is 9.95. The highest BCUT2D eigenvalue weighted by molar-refractivity contribution is 6.01. The minimum atomic E-state index is -0.950. The molecule has 57 heavy (non-hydrogen) atoms. The number of aromatic nitrogens is 3. The Bertz CT molecular complexity index is 2250. The first-order chi connectivity index (χ1) is 27.8. The Hall–Kier alpha value is -4.84.